The highest BCUT2D eigenvalue weighted by molar-refractivity contribution is 5.77. The normalized spacial score (nSPS) is 12.1. The topological polar surface area (TPSA) is 140 Å². The predicted molar refractivity (Wildman–Crippen MR) is 127 cm³/mol. The molecule has 0 radical (unpaired) electrons. The summed E-state index contributed by atoms with van der Waals surface area (Å²) >= 11 is 0. The molecular formula is C23H45NO11. The number of carbonyl (C=O) groups is 2. The Morgan fingerprint density at radius 1 is 0.629 bits per heavy atom. The minimum atomic E-state index is -1.12. The minimum Gasteiger partial charge on any atom is -0.480 e. The fourth-order valence-corrected chi connectivity index (χ4v) is 2.27. The van der Waals surface area contributed by atoms with Gasteiger partial charge < -0.3 is 48.3 Å². The number of hydrogen-bond acceptors (Lipinski definition) is 10. The maximum absolute atomic E-state index is 11.3. The first-order chi connectivity index (χ1) is 17.1. The zero-order valence-corrected chi connectivity index (χ0v) is 21.3. The van der Waals surface area contributed by atoms with E-state index in [1.807, 2.05) is 0 Å². The Labute approximate surface area is 208 Å². The molecule has 0 spiro atoms. The molecule has 0 fully saturated rings. The summed E-state index contributed by atoms with van der Waals surface area (Å²) in [6.45, 7) is 10.9. The van der Waals surface area contributed by atoms with Crippen LogP contribution in [0.4, 0.5) is 0 Å². The number of nitrogens with one attached hydrogen (secondary N) is 1. The Morgan fingerprint density at radius 3 is 1.43 bits per heavy atom. The number of carboxylic acid groups (broad SMARTS) is 1. The van der Waals surface area contributed by atoms with E-state index in [4.69, 9.17) is 38.3 Å². The van der Waals surface area contributed by atoms with E-state index < -0.39 is 12.6 Å². The van der Waals surface area contributed by atoms with Crippen LogP contribution < -0.4 is 5.32 Å². The van der Waals surface area contributed by atoms with Gasteiger partial charge in [-0.25, -0.2) is 4.79 Å². The van der Waals surface area contributed by atoms with Gasteiger partial charge in [-0.15, -0.1) is 0 Å². The second-order valence-electron chi connectivity index (χ2n) is 7.50. The highest BCUT2D eigenvalue weighted by Crippen LogP contribution is 1.99. The van der Waals surface area contributed by atoms with E-state index in [1.165, 1.54) is 0 Å². The minimum absolute atomic E-state index is 0.293. The lowest BCUT2D eigenvalue weighted by atomic mass is 10.1. The third-order valence-electron chi connectivity index (χ3n) is 4.36. The number of carbonyl (C=O) groups excluding carboxylic acids is 1. The van der Waals surface area contributed by atoms with Gasteiger partial charge in [0.15, 0.2) is 0 Å². The number of carboxylic acids is 1. The SMILES string of the molecule is CCC(C)COCCOCCOCCOCCOCCOCCOCCNC(=O)COCC(=O)O. The molecule has 35 heavy (non-hydrogen) atoms. The van der Waals surface area contributed by atoms with Crippen molar-refractivity contribution in [2.24, 2.45) is 5.92 Å². The summed E-state index contributed by atoms with van der Waals surface area (Å²) in [5.41, 5.74) is 0. The molecule has 0 aliphatic carbocycles. The van der Waals surface area contributed by atoms with Crippen LogP contribution in [0.5, 0.6) is 0 Å². The number of aliphatic carboxylic acids is 1. The highest BCUT2D eigenvalue weighted by atomic mass is 16.6. The zero-order valence-electron chi connectivity index (χ0n) is 21.3. The molecule has 0 aliphatic heterocycles. The van der Waals surface area contributed by atoms with Crippen molar-refractivity contribution in [3.05, 3.63) is 0 Å². The third-order valence-corrected chi connectivity index (χ3v) is 4.36. The Hall–Kier alpha value is -1.38. The summed E-state index contributed by atoms with van der Waals surface area (Å²) in [6.07, 6.45) is 1.12. The second kappa shape index (κ2) is 27.2. The molecule has 0 saturated carbocycles. The first kappa shape index (κ1) is 33.6. The van der Waals surface area contributed by atoms with Crippen LogP contribution in [0.3, 0.4) is 0 Å². The maximum Gasteiger partial charge on any atom is 0.329 e. The molecule has 2 N–H and O–H groups in total. The molecule has 1 amide bonds. The van der Waals surface area contributed by atoms with Crippen LogP contribution >= 0.6 is 0 Å². The van der Waals surface area contributed by atoms with Crippen molar-refractivity contribution in [2.45, 2.75) is 20.3 Å². The van der Waals surface area contributed by atoms with Crippen molar-refractivity contribution in [1.82, 2.24) is 5.32 Å². The molecule has 1 atom stereocenters. The molecular weight excluding hydrogens is 466 g/mol. The second-order valence-corrected chi connectivity index (χ2v) is 7.50. The number of hydrogen-bond donors (Lipinski definition) is 2. The van der Waals surface area contributed by atoms with E-state index in [-0.39, 0.29) is 12.5 Å². The summed E-state index contributed by atoms with van der Waals surface area (Å²) < 4.78 is 42.5. The van der Waals surface area contributed by atoms with Gasteiger partial charge in [-0.2, -0.15) is 0 Å². The quantitative estimate of drug-likeness (QED) is 0.141. The van der Waals surface area contributed by atoms with Crippen molar-refractivity contribution in [3.8, 4) is 0 Å². The Balaban J connectivity index is 3.11. The fraction of sp³-hybridized carbons (Fsp3) is 0.913. The molecule has 0 bridgehead atoms. The molecule has 1 unspecified atom stereocenters. The monoisotopic (exact) mass is 511 g/mol. The van der Waals surface area contributed by atoms with Crippen molar-refractivity contribution in [2.75, 3.05) is 112 Å². The van der Waals surface area contributed by atoms with Gasteiger partial charge in [-0.1, -0.05) is 20.3 Å². The van der Waals surface area contributed by atoms with Gasteiger partial charge in [-0.3, -0.25) is 4.79 Å². The van der Waals surface area contributed by atoms with Crippen molar-refractivity contribution >= 4 is 11.9 Å². The molecule has 0 heterocycles. The third kappa shape index (κ3) is 28.7. The summed E-state index contributed by atoms with van der Waals surface area (Å²) in [5, 5.41) is 10.9. The standard InChI is InChI=1S/C23H45NO11/c1-3-21(2)18-34-17-16-33-15-14-32-13-12-31-11-10-30-9-8-29-7-6-28-5-4-24-22(25)19-35-20-23(26)27/h21H,3-20H2,1-2H3,(H,24,25)(H,26,27). The molecule has 0 saturated heterocycles. The molecule has 0 aromatic carbocycles. The van der Waals surface area contributed by atoms with Crippen molar-refractivity contribution in [3.63, 3.8) is 0 Å². The fourth-order valence-electron chi connectivity index (χ4n) is 2.27. The van der Waals surface area contributed by atoms with Gasteiger partial charge in [0.05, 0.1) is 85.9 Å². The van der Waals surface area contributed by atoms with E-state index in [9.17, 15) is 9.59 Å². The molecule has 0 aromatic rings. The predicted octanol–water partition coefficient (Wildman–Crippen LogP) is 0.366. The Bertz CT molecular complexity index is 482. The van der Waals surface area contributed by atoms with E-state index in [1.54, 1.807) is 0 Å². The van der Waals surface area contributed by atoms with Crippen LogP contribution in [-0.2, 0) is 47.5 Å². The summed E-state index contributed by atoms with van der Waals surface area (Å²) in [4.78, 5) is 21.6. The van der Waals surface area contributed by atoms with Gasteiger partial charge >= 0.3 is 5.97 Å². The Morgan fingerprint density at radius 2 is 1.03 bits per heavy atom. The van der Waals surface area contributed by atoms with E-state index in [2.05, 4.69) is 23.9 Å². The molecule has 0 rings (SSSR count). The van der Waals surface area contributed by atoms with Crippen LogP contribution in [0.2, 0.25) is 0 Å². The molecule has 0 aromatic heterocycles. The molecule has 0 aliphatic rings. The summed E-state index contributed by atoms with van der Waals surface area (Å²) in [7, 11) is 0. The van der Waals surface area contributed by atoms with Gasteiger partial charge in [0.2, 0.25) is 5.91 Å². The lowest BCUT2D eigenvalue weighted by Gasteiger charge is -2.10. The van der Waals surface area contributed by atoms with Crippen molar-refractivity contribution in [1.29, 1.82) is 0 Å². The van der Waals surface area contributed by atoms with Crippen LogP contribution in [0.15, 0.2) is 0 Å². The number of rotatable bonds is 28. The highest BCUT2D eigenvalue weighted by Gasteiger charge is 2.03. The summed E-state index contributed by atoms with van der Waals surface area (Å²) in [6, 6.07) is 0. The van der Waals surface area contributed by atoms with E-state index in [0.717, 1.165) is 13.0 Å². The Kier molecular flexibility index (Phi) is 26.1. The number of amides is 1. The first-order valence-corrected chi connectivity index (χ1v) is 12.2. The van der Waals surface area contributed by atoms with Gasteiger partial charge in [0.25, 0.3) is 0 Å². The van der Waals surface area contributed by atoms with Crippen LogP contribution in [0.1, 0.15) is 20.3 Å². The average molecular weight is 512 g/mol. The van der Waals surface area contributed by atoms with E-state index >= 15 is 0 Å². The molecule has 12 nitrogen and oxygen atoms in total. The largest absolute Gasteiger partial charge is 0.480 e. The maximum atomic E-state index is 11.3. The van der Waals surface area contributed by atoms with Crippen LogP contribution in [-0.4, -0.2) is 129 Å². The smallest absolute Gasteiger partial charge is 0.329 e. The van der Waals surface area contributed by atoms with Gasteiger partial charge in [0, 0.05) is 13.2 Å². The summed E-state index contributed by atoms with van der Waals surface area (Å²) in [5.74, 6) is -0.919. The van der Waals surface area contributed by atoms with Crippen LogP contribution in [0, 0.1) is 5.92 Å². The van der Waals surface area contributed by atoms with E-state index in [0.29, 0.717) is 98.4 Å². The molecule has 208 valence electrons. The van der Waals surface area contributed by atoms with Crippen molar-refractivity contribution < 1.29 is 52.6 Å². The zero-order chi connectivity index (χ0) is 25.8. The van der Waals surface area contributed by atoms with Gasteiger partial charge in [0.1, 0.15) is 13.2 Å². The lowest BCUT2D eigenvalue weighted by Crippen LogP contribution is -2.31. The first-order valence-electron chi connectivity index (χ1n) is 12.2. The van der Waals surface area contributed by atoms with Gasteiger partial charge in [-0.05, 0) is 5.92 Å². The average Bonchev–Trinajstić information content (AvgIpc) is 2.84. The van der Waals surface area contributed by atoms with Crippen LogP contribution in [0.25, 0.3) is 0 Å². The number of ether oxygens (including phenoxy) is 8. The molecule has 12 heteroatoms. The lowest BCUT2D eigenvalue weighted by molar-refractivity contribution is -0.143.